The summed E-state index contributed by atoms with van der Waals surface area (Å²) in [5.41, 5.74) is 3.13. The van der Waals surface area contributed by atoms with E-state index in [1.165, 1.54) is 0 Å². The number of ketones is 1. The quantitative estimate of drug-likeness (QED) is 0.315. The van der Waals surface area contributed by atoms with Crippen LogP contribution in [0.15, 0.2) is 66.4 Å². The largest absolute Gasteiger partial charge is 0.452 e. The molecule has 3 aromatic rings. The van der Waals surface area contributed by atoms with Crippen molar-refractivity contribution in [2.45, 2.75) is 13.8 Å². The molecule has 0 aliphatic carbocycles. The van der Waals surface area contributed by atoms with Gasteiger partial charge in [0.25, 0.3) is 0 Å². The summed E-state index contributed by atoms with van der Waals surface area (Å²) < 4.78 is 11.3. The molecule has 4 rings (SSSR count). The number of hydrogen-bond acceptors (Lipinski definition) is 4. The number of Topliss-reactive ketones (excluding diaryl/α,β-unsaturated/α-hetero) is 1. The molecule has 0 saturated heterocycles. The Labute approximate surface area is 173 Å². The first-order valence-corrected chi connectivity index (χ1v) is 9.43. The third-order valence-electron chi connectivity index (χ3n) is 4.71. The van der Waals surface area contributed by atoms with Crippen LogP contribution in [0.2, 0.25) is 5.02 Å². The fraction of sp³-hybridized carbons (Fsp3) is 0.0833. The van der Waals surface area contributed by atoms with Crippen molar-refractivity contribution in [2.75, 3.05) is 0 Å². The number of carbonyl (C=O) groups is 2. The SMILES string of the molecule is Cc1ccccc1C(=O)Oc1cc(C)c2c(c1)O/C(=C\c1ccccc1Cl)C2=O. The number of ether oxygens (including phenoxy) is 2. The first kappa shape index (κ1) is 19.0. The number of hydrogen-bond donors (Lipinski definition) is 0. The third-order valence-corrected chi connectivity index (χ3v) is 5.06. The van der Waals surface area contributed by atoms with Crippen LogP contribution >= 0.6 is 11.6 Å². The van der Waals surface area contributed by atoms with Crippen LogP contribution in [0.25, 0.3) is 6.08 Å². The highest BCUT2D eigenvalue weighted by molar-refractivity contribution is 6.32. The Kier molecular flexibility index (Phi) is 4.95. The van der Waals surface area contributed by atoms with Crippen LogP contribution in [0.4, 0.5) is 0 Å². The van der Waals surface area contributed by atoms with Gasteiger partial charge >= 0.3 is 5.97 Å². The molecule has 29 heavy (non-hydrogen) atoms. The maximum absolute atomic E-state index is 12.8. The van der Waals surface area contributed by atoms with Gasteiger partial charge in [0.15, 0.2) is 5.76 Å². The van der Waals surface area contributed by atoms with Crippen LogP contribution in [0.3, 0.4) is 0 Å². The molecule has 0 amide bonds. The van der Waals surface area contributed by atoms with E-state index in [0.717, 1.165) is 5.56 Å². The van der Waals surface area contributed by atoms with Crippen molar-refractivity contribution < 1.29 is 19.1 Å². The van der Waals surface area contributed by atoms with E-state index >= 15 is 0 Å². The highest BCUT2D eigenvalue weighted by Gasteiger charge is 2.30. The van der Waals surface area contributed by atoms with Crippen molar-refractivity contribution >= 4 is 29.4 Å². The van der Waals surface area contributed by atoms with Gasteiger partial charge < -0.3 is 9.47 Å². The summed E-state index contributed by atoms with van der Waals surface area (Å²) in [7, 11) is 0. The van der Waals surface area contributed by atoms with E-state index in [9.17, 15) is 9.59 Å². The van der Waals surface area contributed by atoms with Crippen molar-refractivity contribution in [3.63, 3.8) is 0 Å². The topological polar surface area (TPSA) is 52.6 Å². The van der Waals surface area contributed by atoms with E-state index in [-0.39, 0.29) is 11.5 Å². The van der Waals surface area contributed by atoms with Crippen molar-refractivity contribution in [1.29, 1.82) is 0 Å². The van der Waals surface area contributed by atoms with E-state index in [2.05, 4.69) is 0 Å². The van der Waals surface area contributed by atoms with Crippen LogP contribution in [0.5, 0.6) is 11.5 Å². The molecule has 1 aliphatic heterocycles. The minimum Gasteiger partial charge on any atom is -0.452 e. The Morgan fingerprint density at radius 2 is 1.72 bits per heavy atom. The van der Waals surface area contributed by atoms with Crippen LogP contribution in [0.1, 0.15) is 37.4 Å². The molecule has 0 unspecified atom stereocenters. The van der Waals surface area contributed by atoms with E-state index in [1.54, 1.807) is 49.4 Å². The monoisotopic (exact) mass is 404 g/mol. The average molecular weight is 405 g/mol. The lowest BCUT2D eigenvalue weighted by molar-refractivity contribution is 0.0733. The molecule has 0 bridgehead atoms. The summed E-state index contributed by atoms with van der Waals surface area (Å²) in [6, 6.07) is 17.6. The number of allylic oxidation sites excluding steroid dienone is 1. The summed E-state index contributed by atoms with van der Waals surface area (Å²) in [4.78, 5) is 25.3. The zero-order valence-electron chi connectivity index (χ0n) is 15.9. The molecule has 0 fully saturated rings. The number of esters is 1. The van der Waals surface area contributed by atoms with Crippen LogP contribution in [0, 0.1) is 13.8 Å². The highest BCUT2D eigenvalue weighted by Crippen LogP contribution is 2.38. The van der Waals surface area contributed by atoms with Gasteiger partial charge in [0.05, 0.1) is 11.1 Å². The molecule has 144 valence electrons. The number of benzene rings is 3. The van der Waals surface area contributed by atoms with Gasteiger partial charge in [-0.25, -0.2) is 4.79 Å². The molecule has 3 aromatic carbocycles. The van der Waals surface area contributed by atoms with Crippen LogP contribution in [-0.4, -0.2) is 11.8 Å². The third kappa shape index (κ3) is 3.67. The van der Waals surface area contributed by atoms with E-state index < -0.39 is 5.97 Å². The second-order valence-electron chi connectivity index (χ2n) is 6.78. The van der Waals surface area contributed by atoms with Crippen molar-refractivity contribution in [2.24, 2.45) is 0 Å². The van der Waals surface area contributed by atoms with Gasteiger partial charge in [0, 0.05) is 11.1 Å². The molecule has 4 nitrogen and oxygen atoms in total. The van der Waals surface area contributed by atoms with E-state index in [0.29, 0.717) is 38.8 Å². The summed E-state index contributed by atoms with van der Waals surface area (Å²) in [6.45, 7) is 3.63. The fourth-order valence-electron chi connectivity index (χ4n) is 3.23. The zero-order valence-corrected chi connectivity index (χ0v) is 16.6. The lowest BCUT2D eigenvalue weighted by Gasteiger charge is -2.09. The molecular weight excluding hydrogens is 388 g/mol. The minimum absolute atomic E-state index is 0.179. The second-order valence-corrected chi connectivity index (χ2v) is 7.19. The molecule has 0 spiro atoms. The Morgan fingerprint density at radius 1 is 1.00 bits per heavy atom. The first-order chi connectivity index (χ1) is 13.9. The van der Waals surface area contributed by atoms with E-state index in [4.69, 9.17) is 21.1 Å². The van der Waals surface area contributed by atoms with E-state index in [1.807, 2.05) is 31.2 Å². The van der Waals surface area contributed by atoms with Gasteiger partial charge in [-0.3, -0.25) is 4.79 Å². The number of aryl methyl sites for hydroxylation is 2. The maximum atomic E-state index is 12.8. The number of carbonyl (C=O) groups excluding carboxylic acids is 2. The van der Waals surface area contributed by atoms with Crippen LogP contribution < -0.4 is 9.47 Å². The number of rotatable bonds is 3. The molecule has 0 atom stereocenters. The zero-order chi connectivity index (χ0) is 20.5. The lowest BCUT2D eigenvalue weighted by atomic mass is 10.0. The predicted octanol–water partition coefficient (Wildman–Crippen LogP) is 5.79. The van der Waals surface area contributed by atoms with Gasteiger partial charge in [-0.1, -0.05) is 48.0 Å². The lowest BCUT2D eigenvalue weighted by Crippen LogP contribution is -2.10. The van der Waals surface area contributed by atoms with Gasteiger partial charge in [-0.2, -0.15) is 0 Å². The van der Waals surface area contributed by atoms with Gasteiger partial charge in [0.2, 0.25) is 5.78 Å². The molecule has 0 saturated carbocycles. The Hall–Kier alpha value is -3.37. The Bertz CT molecular complexity index is 1180. The molecule has 5 heteroatoms. The smallest absolute Gasteiger partial charge is 0.343 e. The average Bonchev–Trinajstić information content (AvgIpc) is 2.99. The number of halogens is 1. The summed E-state index contributed by atoms with van der Waals surface area (Å²) in [6.07, 6.45) is 1.61. The van der Waals surface area contributed by atoms with Crippen LogP contribution in [-0.2, 0) is 0 Å². The molecule has 1 aliphatic rings. The predicted molar refractivity (Wildman–Crippen MR) is 112 cm³/mol. The fourth-order valence-corrected chi connectivity index (χ4v) is 3.42. The summed E-state index contributed by atoms with van der Waals surface area (Å²) in [5.74, 6) is 0.175. The standard InChI is InChI=1S/C24H17ClO4/c1-14-7-3-5-9-18(14)24(27)28-17-11-15(2)22-20(13-17)29-21(23(22)26)12-16-8-4-6-10-19(16)25/h3-13H,1-2H3/b21-12-. The molecule has 0 N–H and O–H groups in total. The maximum Gasteiger partial charge on any atom is 0.343 e. The first-order valence-electron chi connectivity index (χ1n) is 9.05. The summed E-state index contributed by atoms with van der Waals surface area (Å²) >= 11 is 6.18. The van der Waals surface area contributed by atoms with Crippen molar-refractivity contribution in [3.8, 4) is 11.5 Å². The van der Waals surface area contributed by atoms with Gasteiger partial charge in [-0.15, -0.1) is 0 Å². The second kappa shape index (κ2) is 7.57. The molecule has 1 heterocycles. The summed E-state index contributed by atoms with van der Waals surface area (Å²) in [5, 5.41) is 0.525. The van der Waals surface area contributed by atoms with Gasteiger partial charge in [-0.05, 0) is 54.8 Å². The normalized spacial score (nSPS) is 13.9. The molecule has 0 aromatic heterocycles. The van der Waals surface area contributed by atoms with Crippen molar-refractivity contribution in [1.82, 2.24) is 0 Å². The minimum atomic E-state index is -0.460. The van der Waals surface area contributed by atoms with Crippen molar-refractivity contribution in [3.05, 3.63) is 99.3 Å². The Balaban J connectivity index is 1.64. The number of fused-ring (bicyclic) bond motifs is 1. The van der Waals surface area contributed by atoms with Gasteiger partial charge in [0.1, 0.15) is 11.5 Å². The molecule has 0 radical (unpaired) electrons. The Morgan fingerprint density at radius 3 is 2.48 bits per heavy atom. The molecular formula is C24H17ClO4. The highest BCUT2D eigenvalue weighted by atomic mass is 35.5.